The number of hydrogen-bond acceptors (Lipinski definition) is 3. The highest BCUT2D eigenvalue weighted by Gasteiger charge is 2.31. The Kier molecular flexibility index (Phi) is 4.35. The van der Waals surface area contributed by atoms with Crippen molar-refractivity contribution < 1.29 is 13.2 Å². The number of rotatable bonds is 4. The average molecular weight is 295 g/mol. The normalized spacial score (nSPS) is 11.3. The van der Waals surface area contributed by atoms with Crippen molar-refractivity contribution in [3.8, 4) is 0 Å². The van der Waals surface area contributed by atoms with Crippen LogP contribution in [0, 0.1) is 0 Å². The highest BCUT2D eigenvalue weighted by molar-refractivity contribution is 5.60. The number of anilines is 3. The lowest BCUT2D eigenvalue weighted by Crippen LogP contribution is -2.08. The number of hydrogen-bond donors (Lipinski definition) is 2. The van der Waals surface area contributed by atoms with E-state index >= 15 is 0 Å². The summed E-state index contributed by atoms with van der Waals surface area (Å²) in [6.07, 6.45) is -3.55. The molecular formula is C15H16F3N3. The second-order valence-corrected chi connectivity index (χ2v) is 4.55. The first kappa shape index (κ1) is 15.2. The van der Waals surface area contributed by atoms with Gasteiger partial charge in [0.2, 0.25) is 0 Å². The van der Waals surface area contributed by atoms with Gasteiger partial charge in [-0.2, -0.15) is 13.2 Å². The van der Waals surface area contributed by atoms with Crippen molar-refractivity contribution in [2.24, 2.45) is 0 Å². The van der Waals surface area contributed by atoms with E-state index < -0.39 is 11.7 Å². The van der Waals surface area contributed by atoms with Crippen LogP contribution in [-0.4, -0.2) is 12.0 Å². The standard InChI is InChI=1S/C15H16F3N3/c1-3-10-5-4-6-12(7-10)20-14-9-11(15(16,17)18)8-13(19-2)21-14/h4-9H,3H2,1-2H3,(H2,19,20,21). The Bertz CT molecular complexity index is 624. The van der Waals surface area contributed by atoms with Crippen molar-refractivity contribution in [2.75, 3.05) is 17.7 Å². The molecule has 0 unspecified atom stereocenters. The van der Waals surface area contributed by atoms with Gasteiger partial charge in [0.1, 0.15) is 11.6 Å². The highest BCUT2D eigenvalue weighted by atomic mass is 19.4. The van der Waals surface area contributed by atoms with Crippen LogP contribution >= 0.6 is 0 Å². The summed E-state index contributed by atoms with van der Waals surface area (Å²) < 4.78 is 38.6. The van der Waals surface area contributed by atoms with Crippen molar-refractivity contribution in [2.45, 2.75) is 19.5 Å². The zero-order chi connectivity index (χ0) is 15.5. The summed E-state index contributed by atoms with van der Waals surface area (Å²) in [6.45, 7) is 2.01. The summed E-state index contributed by atoms with van der Waals surface area (Å²) >= 11 is 0. The predicted molar refractivity (Wildman–Crippen MR) is 77.9 cm³/mol. The summed E-state index contributed by atoms with van der Waals surface area (Å²) in [5.74, 6) is 0.321. The van der Waals surface area contributed by atoms with Crippen molar-refractivity contribution in [1.29, 1.82) is 0 Å². The molecule has 0 fully saturated rings. The van der Waals surface area contributed by atoms with Crippen LogP contribution in [0.1, 0.15) is 18.1 Å². The highest BCUT2D eigenvalue weighted by Crippen LogP contribution is 2.32. The maximum Gasteiger partial charge on any atom is 0.416 e. The molecule has 1 heterocycles. The third-order valence-corrected chi connectivity index (χ3v) is 3.02. The quantitative estimate of drug-likeness (QED) is 0.875. The summed E-state index contributed by atoms with van der Waals surface area (Å²) in [6, 6.07) is 9.48. The Balaban J connectivity index is 2.34. The average Bonchev–Trinajstić information content (AvgIpc) is 2.46. The van der Waals surface area contributed by atoms with Crippen LogP contribution in [0.2, 0.25) is 0 Å². The van der Waals surface area contributed by atoms with Crippen LogP contribution in [0.15, 0.2) is 36.4 Å². The van der Waals surface area contributed by atoms with E-state index in [1.165, 1.54) is 7.05 Å². The predicted octanol–water partition coefficient (Wildman–Crippen LogP) is 4.45. The molecule has 0 aliphatic heterocycles. The molecule has 3 nitrogen and oxygen atoms in total. The molecule has 0 atom stereocenters. The molecule has 1 aromatic carbocycles. The summed E-state index contributed by atoms with van der Waals surface area (Å²) in [5.41, 5.74) is 1.07. The van der Waals surface area contributed by atoms with Crippen molar-refractivity contribution in [1.82, 2.24) is 4.98 Å². The molecule has 0 aliphatic rings. The number of alkyl halides is 3. The van der Waals surface area contributed by atoms with E-state index in [4.69, 9.17) is 0 Å². The first-order valence-corrected chi connectivity index (χ1v) is 6.55. The molecule has 0 spiro atoms. The maximum atomic E-state index is 12.9. The molecule has 0 aliphatic carbocycles. The molecule has 0 amide bonds. The van der Waals surface area contributed by atoms with Crippen molar-refractivity contribution >= 4 is 17.3 Å². The number of benzene rings is 1. The lowest BCUT2D eigenvalue weighted by atomic mass is 10.1. The largest absolute Gasteiger partial charge is 0.416 e. The van der Waals surface area contributed by atoms with Crippen molar-refractivity contribution in [3.63, 3.8) is 0 Å². The number of aromatic nitrogens is 1. The van der Waals surface area contributed by atoms with Gasteiger partial charge in [0, 0.05) is 12.7 Å². The fraction of sp³-hybridized carbons (Fsp3) is 0.267. The van der Waals surface area contributed by atoms with E-state index in [2.05, 4.69) is 15.6 Å². The Labute approximate surface area is 121 Å². The van der Waals surface area contributed by atoms with E-state index in [0.717, 1.165) is 24.1 Å². The minimum Gasteiger partial charge on any atom is -0.373 e. The Morgan fingerprint density at radius 3 is 2.43 bits per heavy atom. The smallest absolute Gasteiger partial charge is 0.373 e. The molecule has 0 saturated carbocycles. The molecule has 0 bridgehead atoms. The van der Waals surface area contributed by atoms with E-state index in [1.807, 2.05) is 25.1 Å². The fourth-order valence-electron chi connectivity index (χ4n) is 1.90. The van der Waals surface area contributed by atoms with Gasteiger partial charge in [-0.05, 0) is 36.2 Å². The van der Waals surface area contributed by atoms with Gasteiger partial charge in [-0.25, -0.2) is 4.98 Å². The third-order valence-electron chi connectivity index (χ3n) is 3.02. The van der Waals surface area contributed by atoms with Gasteiger partial charge in [0.25, 0.3) is 0 Å². The minimum absolute atomic E-state index is 0.155. The number of halogens is 3. The van der Waals surface area contributed by atoms with Crippen LogP contribution in [0.4, 0.5) is 30.5 Å². The first-order valence-electron chi connectivity index (χ1n) is 6.55. The SMILES string of the molecule is CCc1cccc(Nc2cc(C(F)(F)F)cc(NC)n2)c1. The molecule has 2 aromatic rings. The van der Waals surface area contributed by atoms with Crippen LogP contribution in [0.5, 0.6) is 0 Å². The minimum atomic E-state index is -4.41. The second kappa shape index (κ2) is 6.03. The van der Waals surface area contributed by atoms with E-state index in [0.29, 0.717) is 5.69 Å². The molecular weight excluding hydrogens is 279 g/mol. The molecule has 6 heteroatoms. The lowest BCUT2D eigenvalue weighted by molar-refractivity contribution is -0.137. The van der Waals surface area contributed by atoms with E-state index in [1.54, 1.807) is 6.07 Å². The Morgan fingerprint density at radius 2 is 1.81 bits per heavy atom. The summed E-state index contributed by atoms with van der Waals surface area (Å²) in [4.78, 5) is 4.09. The summed E-state index contributed by atoms with van der Waals surface area (Å²) in [7, 11) is 1.53. The number of pyridine rings is 1. The summed E-state index contributed by atoms with van der Waals surface area (Å²) in [5, 5.41) is 5.55. The zero-order valence-corrected chi connectivity index (χ0v) is 11.8. The first-order chi connectivity index (χ1) is 9.92. The van der Waals surface area contributed by atoms with Gasteiger partial charge in [0.15, 0.2) is 0 Å². The number of aryl methyl sites for hydroxylation is 1. The van der Waals surface area contributed by atoms with Gasteiger partial charge in [-0.15, -0.1) is 0 Å². The monoisotopic (exact) mass is 295 g/mol. The van der Waals surface area contributed by atoms with Gasteiger partial charge < -0.3 is 10.6 Å². The number of nitrogens with zero attached hydrogens (tertiary/aromatic N) is 1. The van der Waals surface area contributed by atoms with E-state index in [-0.39, 0.29) is 11.6 Å². The van der Waals surface area contributed by atoms with Crippen LogP contribution in [0.25, 0.3) is 0 Å². The lowest BCUT2D eigenvalue weighted by Gasteiger charge is -2.13. The van der Waals surface area contributed by atoms with Gasteiger partial charge >= 0.3 is 6.18 Å². The maximum absolute atomic E-state index is 12.9. The third kappa shape index (κ3) is 3.87. The number of nitrogens with one attached hydrogen (secondary N) is 2. The van der Waals surface area contributed by atoms with Gasteiger partial charge in [0.05, 0.1) is 5.56 Å². The van der Waals surface area contributed by atoms with Crippen LogP contribution in [-0.2, 0) is 12.6 Å². The molecule has 2 rings (SSSR count). The van der Waals surface area contributed by atoms with Gasteiger partial charge in [-0.3, -0.25) is 0 Å². The Morgan fingerprint density at radius 1 is 1.10 bits per heavy atom. The molecule has 21 heavy (non-hydrogen) atoms. The molecule has 1 aromatic heterocycles. The van der Waals surface area contributed by atoms with Crippen LogP contribution < -0.4 is 10.6 Å². The van der Waals surface area contributed by atoms with Crippen molar-refractivity contribution in [3.05, 3.63) is 47.5 Å². The molecule has 112 valence electrons. The second-order valence-electron chi connectivity index (χ2n) is 4.55. The van der Waals surface area contributed by atoms with Crippen LogP contribution in [0.3, 0.4) is 0 Å². The zero-order valence-electron chi connectivity index (χ0n) is 11.8. The van der Waals surface area contributed by atoms with Gasteiger partial charge in [-0.1, -0.05) is 19.1 Å². The fourth-order valence-corrected chi connectivity index (χ4v) is 1.90. The molecule has 0 saturated heterocycles. The van der Waals surface area contributed by atoms with E-state index in [9.17, 15) is 13.2 Å². The Hall–Kier alpha value is -2.24. The molecule has 2 N–H and O–H groups in total. The molecule has 0 radical (unpaired) electrons. The topological polar surface area (TPSA) is 37.0 Å².